The third-order valence-electron chi connectivity index (χ3n) is 8.32. The lowest BCUT2D eigenvalue weighted by atomic mass is 9.98. The SMILES string of the molecule is O=C1CN(Cc2ccccc2)Cc2c(cccc2C(=O)N2CCCCC2CN2CCCC2)OCCCCCN1. The minimum absolute atomic E-state index is 0.0261. The fourth-order valence-electron chi connectivity index (χ4n) is 6.25. The second-order valence-corrected chi connectivity index (χ2v) is 11.3. The minimum Gasteiger partial charge on any atom is -0.493 e. The summed E-state index contributed by atoms with van der Waals surface area (Å²) in [6.07, 6.45) is 8.66. The van der Waals surface area contributed by atoms with E-state index in [0.29, 0.717) is 31.8 Å². The number of fused-ring (bicyclic) bond motifs is 1. The number of likely N-dealkylation sites (tertiary alicyclic amines) is 2. The average molecular weight is 533 g/mol. The zero-order chi connectivity index (χ0) is 26.9. The Labute approximate surface area is 233 Å². The van der Waals surface area contributed by atoms with Gasteiger partial charge in [0, 0.05) is 49.9 Å². The van der Waals surface area contributed by atoms with Crippen LogP contribution >= 0.6 is 0 Å². The van der Waals surface area contributed by atoms with Gasteiger partial charge in [0.15, 0.2) is 0 Å². The second-order valence-electron chi connectivity index (χ2n) is 11.3. The van der Waals surface area contributed by atoms with Crippen molar-refractivity contribution in [3.8, 4) is 5.75 Å². The Morgan fingerprint density at radius 2 is 1.67 bits per heavy atom. The monoisotopic (exact) mass is 532 g/mol. The maximum Gasteiger partial charge on any atom is 0.254 e. The van der Waals surface area contributed by atoms with E-state index in [9.17, 15) is 9.59 Å². The van der Waals surface area contributed by atoms with Crippen molar-refractivity contribution in [3.05, 3.63) is 65.2 Å². The summed E-state index contributed by atoms with van der Waals surface area (Å²) < 4.78 is 6.33. The first-order valence-electron chi connectivity index (χ1n) is 15.0. The highest BCUT2D eigenvalue weighted by molar-refractivity contribution is 5.96. The van der Waals surface area contributed by atoms with Crippen LogP contribution < -0.4 is 10.1 Å². The molecule has 1 unspecified atom stereocenters. The lowest BCUT2D eigenvalue weighted by Gasteiger charge is -2.38. The first-order chi connectivity index (χ1) is 19.2. The van der Waals surface area contributed by atoms with Gasteiger partial charge in [0.1, 0.15) is 5.75 Å². The molecule has 2 aromatic rings. The minimum atomic E-state index is 0.0261. The van der Waals surface area contributed by atoms with Crippen LogP contribution in [0.5, 0.6) is 5.75 Å². The van der Waals surface area contributed by atoms with Crippen LogP contribution in [-0.2, 0) is 17.9 Å². The highest BCUT2D eigenvalue weighted by atomic mass is 16.5. The molecule has 0 bridgehead atoms. The summed E-state index contributed by atoms with van der Waals surface area (Å²) in [6.45, 7) is 6.73. The third-order valence-corrected chi connectivity index (χ3v) is 8.32. The van der Waals surface area contributed by atoms with E-state index in [1.165, 1.54) is 19.3 Å². The third kappa shape index (κ3) is 7.61. The molecule has 7 nitrogen and oxygen atoms in total. The molecule has 2 saturated heterocycles. The number of ether oxygens (including phenoxy) is 1. The summed E-state index contributed by atoms with van der Waals surface area (Å²) >= 11 is 0. The van der Waals surface area contributed by atoms with Crippen LogP contribution in [0.15, 0.2) is 48.5 Å². The Hall–Kier alpha value is -2.90. The second kappa shape index (κ2) is 13.9. The summed E-state index contributed by atoms with van der Waals surface area (Å²) in [5.41, 5.74) is 2.76. The molecule has 3 aliphatic heterocycles. The summed E-state index contributed by atoms with van der Waals surface area (Å²) in [4.78, 5) is 34.0. The molecule has 1 atom stereocenters. The maximum absolute atomic E-state index is 14.3. The molecule has 39 heavy (non-hydrogen) atoms. The van der Waals surface area contributed by atoms with Crippen molar-refractivity contribution in [1.82, 2.24) is 20.0 Å². The standard InChI is InChI=1S/C32H44N4O3/c37-31-25-35(22-26-12-3-1-4-13-26)24-29-28(15-11-16-30(29)39-21-10-2-6-17-33-31)32(38)36-20-7-5-14-27(36)23-34-18-8-9-19-34/h1,3-4,11-13,15-16,27H,2,5-10,14,17-25H2,(H,33,37). The van der Waals surface area contributed by atoms with Gasteiger partial charge in [0.2, 0.25) is 5.91 Å². The van der Waals surface area contributed by atoms with Gasteiger partial charge in [0.25, 0.3) is 5.91 Å². The van der Waals surface area contributed by atoms with E-state index < -0.39 is 0 Å². The maximum atomic E-state index is 14.3. The number of rotatable bonds is 5. The zero-order valence-corrected chi connectivity index (χ0v) is 23.3. The topological polar surface area (TPSA) is 65.1 Å². The highest BCUT2D eigenvalue weighted by Gasteiger charge is 2.32. The first kappa shape index (κ1) is 27.7. The molecule has 0 radical (unpaired) electrons. The Kier molecular flexibility index (Phi) is 9.89. The van der Waals surface area contributed by atoms with Gasteiger partial charge in [-0.25, -0.2) is 0 Å². The number of nitrogens with zero attached hydrogens (tertiary/aromatic N) is 3. The van der Waals surface area contributed by atoms with Crippen LogP contribution in [0.3, 0.4) is 0 Å². The van der Waals surface area contributed by atoms with Crippen LogP contribution in [0, 0.1) is 0 Å². The molecule has 2 amide bonds. The Morgan fingerprint density at radius 1 is 0.846 bits per heavy atom. The van der Waals surface area contributed by atoms with Crippen molar-refractivity contribution >= 4 is 11.8 Å². The van der Waals surface area contributed by atoms with Crippen molar-refractivity contribution in [3.63, 3.8) is 0 Å². The number of amides is 2. The van der Waals surface area contributed by atoms with Crippen LogP contribution in [0.4, 0.5) is 0 Å². The summed E-state index contributed by atoms with van der Waals surface area (Å²) in [5, 5.41) is 3.09. The molecule has 2 aromatic carbocycles. The van der Waals surface area contributed by atoms with Crippen molar-refractivity contribution in [2.24, 2.45) is 0 Å². The van der Waals surface area contributed by atoms with Crippen molar-refractivity contribution in [2.75, 3.05) is 45.9 Å². The lowest BCUT2D eigenvalue weighted by molar-refractivity contribution is -0.122. The smallest absolute Gasteiger partial charge is 0.254 e. The average Bonchev–Trinajstić information content (AvgIpc) is 3.46. The van der Waals surface area contributed by atoms with E-state index >= 15 is 0 Å². The molecule has 1 N–H and O–H groups in total. The lowest BCUT2D eigenvalue weighted by Crippen LogP contribution is -2.49. The van der Waals surface area contributed by atoms with Crippen molar-refractivity contribution in [1.29, 1.82) is 0 Å². The molecule has 3 aliphatic rings. The Morgan fingerprint density at radius 3 is 2.51 bits per heavy atom. The van der Waals surface area contributed by atoms with Crippen LogP contribution in [0.25, 0.3) is 0 Å². The number of hydrogen-bond acceptors (Lipinski definition) is 5. The summed E-state index contributed by atoms with van der Waals surface area (Å²) in [6, 6.07) is 16.4. The number of nitrogens with one attached hydrogen (secondary N) is 1. The molecule has 7 heteroatoms. The molecule has 2 fully saturated rings. The molecule has 0 aromatic heterocycles. The van der Waals surface area contributed by atoms with E-state index in [1.54, 1.807) is 0 Å². The molecule has 3 heterocycles. The van der Waals surface area contributed by atoms with E-state index in [4.69, 9.17) is 4.74 Å². The highest BCUT2D eigenvalue weighted by Crippen LogP contribution is 2.29. The number of hydrogen-bond donors (Lipinski definition) is 1. The van der Waals surface area contributed by atoms with Gasteiger partial charge in [-0.1, -0.05) is 36.4 Å². The fraction of sp³-hybridized carbons (Fsp3) is 0.562. The van der Waals surface area contributed by atoms with Gasteiger partial charge in [-0.15, -0.1) is 0 Å². The molecular weight excluding hydrogens is 488 g/mol. The molecular formula is C32H44N4O3. The predicted molar refractivity (Wildman–Crippen MR) is 154 cm³/mol. The van der Waals surface area contributed by atoms with E-state index in [0.717, 1.165) is 75.2 Å². The summed E-state index contributed by atoms with van der Waals surface area (Å²) in [7, 11) is 0. The van der Waals surface area contributed by atoms with Crippen LogP contribution in [-0.4, -0.2) is 78.4 Å². The van der Waals surface area contributed by atoms with Gasteiger partial charge in [-0.05, 0) is 82.2 Å². The van der Waals surface area contributed by atoms with Gasteiger partial charge < -0.3 is 19.9 Å². The predicted octanol–water partition coefficient (Wildman–Crippen LogP) is 4.46. The molecule has 0 aliphatic carbocycles. The van der Waals surface area contributed by atoms with Crippen LogP contribution in [0.2, 0.25) is 0 Å². The van der Waals surface area contributed by atoms with Gasteiger partial charge in [0.05, 0.1) is 13.2 Å². The molecule has 0 saturated carbocycles. The van der Waals surface area contributed by atoms with Crippen LogP contribution in [0.1, 0.15) is 72.9 Å². The first-order valence-corrected chi connectivity index (χ1v) is 15.0. The van der Waals surface area contributed by atoms with Crippen molar-refractivity contribution < 1.29 is 14.3 Å². The van der Waals surface area contributed by atoms with Gasteiger partial charge >= 0.3 is 0 Å². The van der Waals surface area contributed by atoms with Gasteiger partial charge in [-0.3, -0.25) is 14.5 Å². The number of carbonyl (C=O) groups excluding carboxylic acids is 2. The van der Waals surface area contributed by atoms with E-state index in [2.05, 4.69) is 32.1 Å². The fourth-order valence-corrected chi connectivity index (χ4v) is 6.25. The zero-order valence-electron chi connectivity index (χ0n) is 23.3. The van der Waals surface area contributed by atoms with Gasteiger partial charge in [-0.2, -0.15) is 0 Å². The number of benzene rings is 2. The molecule has 5 rings (SSSR count). The normalized spacial score (nSPS) is 22.1. The molecule has 0 spiro atoms. The van der Waals surface area contributed by atoms with E-state index in [-0.39, 0.29) is 24.4 Å². The Bertz CT molecular complexity index is 1090. The largest absolute Gasteiger partial charge is 0.493 e. The number of piperidine rings is 1. The van der Waals surface area contributed by atoms with Crippen molar-refractivity contribution in [2.45, 2.75) is 70.5 Å². The number of carbonyl (C=O) groups is 2. The molecule has 210 valence electrons. The Balaban J connectivity index is 1.44. The van der Waals surface area contributed by atoms with E-state index in [1.807, 2.05) is 36.4 Å². The quantitative estimate of drug-likeness (QED) is 0.616. The summed E-state index contributed by atoms with van der Waals surface area (Å²) in [5.74, 6) is 0.901.